The van der Waals surface area contributed by atoms with Crippen LogP contribution in [0, 0.1) is 11.8 Å². The number of nitrogens with zero attached hydrogens (tertiary/aromatic N) is 5. The molecule has 5 rings (SSSR count). The Morgan fingerprint density at radius 1 is 0.935 bits per heavy atom. The summed E-state index contributed by atoms with van der Waals surface area (Å²) < 4.78 is 1.74. The molecule has 0 aliphatic carbocycles. The van der Waals surface area contributed by atoms with Crippen molar-refractivity contribution in [3.63, 3.8) is 0 Å². The summed E-state index contributed by atoms with van der Waals surface area (Å²) >= 11 is 0. The smallest absolute Gasteiger partial charge is 0.253 e. The molecule has 1 aliphatic rings. The number of pyridine rings is 1. The molecule has 0 bridgehead atoms. The van der Waals surface area contributed by atoms with E-state index < -0.39 is 0 Å². The van der Waals surface area contributed by atoms with E-state index in [0.29, 0.717) is 11.3 Å². The maximum Gasteiger partial charge on any atom is 0.253 e. The minimum atomic E-state index is 0.0692. The van der Waals surface area contributed by atoms with Crippen LogP contribution < -0.4 is 5.32 Å². The first kappa shape index (κ1) is 19.0. The van der Waals surface area contributed by atoms with Crippen LogP contribution in [-0.2, 0) is 0 Å². The minimum absolute atomic E-state index is 0.0692. The van der Waals surface area contributed by atoms with Gasteiger partial charge in [0.15, 0.2) is 5.65 Å². The van der Waals surface area contributed by atoms with Gasteiger partial charge in [0.1, 0.15) is 5.69 Å². The van der Waals surface area contributed by atoms with Gasteiger partial charge in [0.2, 0.25) is 0 Å². The number of piperazine rings is 1. The predicted octanol–water partition coefficient (Wildman–Crippen LogP) is 2.24. The molecule has 0 saturated carbocycles. The summed E-state index contributed by atoms with van der Waals surface area (Å²) in [6.45, 7) is 3.15. The van der Waals surface area contributed by atoms with E-state index in [9.17, 15) is 4.79 Å². The highest BCUT2D eigenvalue weighted by Gasteiger charge is 2.17. The topological polar surface area (TPSA) is 75.4 Å². The zero-order valence-electron chi connectivity index (χ0n) is 16.8. The van der Waals surface area contributed by atoms with Crippen LogP contribution in [0.1, 0.15) is 21.6 Å². The lowest BCUT2D eigenvalue weighted by atomic mass is 10.1. The Kier molecular flexibility index (Phi) is 5.13. The number of hydrogen-bond donors (Lipinski definition) is 1. The Morgan fingerprint density at radius 3 is 2.48 bits per heavy atom. The van der Waals surface area contributed by atoms with E-state index in [4.69, 9.17) is 5.10 Å². The Hall–Kier alpha value is -4.02. The molecular weight excluding hydrogens is 388 g/mol. The van der Waals surface area contributed by atoms with Crippen LogP contribution in [0.2, 0.25) is 0 Å². The van der Waals surface area contributed by atoms with Crippen LogP contribution in [0.4, 0.5) is 0 Å². The molecule has 4 aromatic rings. The third-order valence-electron chi connectivity index (χ3n) is 5.21. The number of nitrogens with one attached hydrogen (secondary N) is 1. The van der Waals surface area contributed by atoms with Crippen molar-refractivity contribution in [3.8, 4) is 23.1 Å². The lowest BCUT2D eigenvalue weighted by Gasteiger charge is -2.27. The SMILES string of the molecule is O=C(c1ccc(-c2ccc3ncc(C#Cc4ccncc4)n3n2)cc1)N1CCNCC1. The highest BCUT2D eigenvalue weighted by molar-refractivity contribution is 5.94. The van der Waals surface area contributed by atoms with E-state index in [2.05, 4.69) is 27.1 Å². The Bertz CT molecular complexity index is 1280. The molecule has 1 amide bonds. The number of benzene rings is 1. The predicted molar refractivity (Wildman–Crippen MR) is 117 cm³/mol. The van der Waals surface area contributed by atoms with Gasteiger partial charge in [0.05, 0.1) is 11.9 Å². The molecule has 7 heteroatoms. The number of aromatic nitrogens is 4. The monoisotopic (exact) mass is 408 g/mol. The quantitative estimate of drug-likeness (QED) is 0.515. The maximum atomic E-state index is 12.7. The fourth-order valence-electron chi connectivity index (χ4n) is 3.52. The van der Waals surface area contributed by atoms with E-state index in [1.54, 1.807) is 23.1 Å². The van der Waals surface area contributed by atoms with Gasteiger partial charge in [-0.25, -0.2) is 9.50 Å². The largest absolute Gasteiger partial charge is 0.336 e. The second kappa shape index (κ2) is 8.38. The third-order valence-corrected chi connectivity index (χ3v) is 5.21. The zero-order valence-corrected chi connectivity index (χ0v) is 16.8. The van der Waals surface area contributed by atoms with Crippen LogP contribution in [0.25, 0.3) is 16.9 Å². The van der Waals surface area contributed by atoms with Crippen LogP contribution in [0.5, 0.6) is 0 Å². The summed E-state index contributed by atoms with van der Waals surface area (Å²) in [5.74, 6) is 6.31. The summed E-state index contributed by atoms with van der Waals surface area (Å²) in [7, 11) is 0. The second-order valence-electron chi connectivity index (χ2n) is 7.24. The molecule has 1 fully saturated rings. The number of hydrogen-bond acceptors (Lipinski definition) is 5. The van der Waals surface area contributed by atoms with Crippen molar-refractivity contribution in [1.82, 2.24) is 29.8 Å². The molecule has 152 valence electrons. The first-order valence-electron chi connectivity index (χ1n) is 10.2. The zero-order chi connectivity index (χ0) is 21.0. The van der Waals surface area contributed by atoms with Crippen molar-refractivity contribution in [1.29, 1.82) is 0 Å². The summed E-state index contributed by atoms with van der Waals surface area (Å²) in [5.41, 5.74) is 4.73. The van der Waals surface area contributed by atoms with Crippen molar-refractivity contribution in [2.75, 3.05) is 26.2 Å². The van der Waals surface area contributed by atoms with Gasteiger partial charge in [-0.3, -0.25) is 9.78 Å². The molecule has 1 aliphatic heterocycles. The normalized spacial score (nSPS) is 13.6. The van der Waals surface area contributed by atoms with Gasteiger partial charge in [-0.2, -0.15) is 5.10 Å². The molecule has 0 unspecified atom stereocenters. The van der Waals surface area contributed by atoms with Crippen molar-refractivity contribution in [2.45, 2.75) is 0 Å². The summed E-state index contributed by atoms with van der Waals surface area (Å²) in [6.07, 6.45) is 5.15. The van der Waals surface area contributed by atoms with Gasteiger partial charge >= 0.3 is 0 Å². The molecule has 0 radical (unpaired) electrons. The fourth-order valence-corrected chi connectivity index (χ4v) is 3.52. The summed E-state index contributed by atoms with van der Waals surface area (Å²) in [6, 6.07) is 15.2. The van der Waals surface area contributed by atoms with E-state index in [-0.39, 0.29) is 5.91 Å². The minimum Gasteiger partial charge on any atom is -0.336 e. The summed E-state index contributed by atoms with van der Waals surface area (Å²) in [5, 5.41) is 7.98. The Balaban J connectivity index is 1.41. The average molecular weight is 408 g/mol. The van der Waals surface area contributed by atoms with Gasteiger partial charge in [-0.15, -0.1) is 0 Å². The number of fused-ring (bicyclic) bond motifs is 1. The van der Waals surface area contributed by atoms with Crippen molar-refractivity contribution in [2.24, 2.45) is 0 Å². The van der Waals surface area contributed by atoms with E-state index >= 15 is 0 Å². The first-order valence-corrected chi connectivity index (χ1v) is 10.2. The lowest BCUT2D eigenvalue weighted by Crippen LogP contribution is -2.46. The molecule has 4 heterocycles. The lowest BCUT2D eigenvalue weighted by molar-refractivity contribution is 0.0736. The number of rotatable bonds is 2. The molecule has 0 atom stereocenters. The fraction of sp³-hybridized carbons (Fsp3) is 0.167. The maximum absolute atomic E-state index is 12.7. The number of carbonyl (C=O) groups excluding carboxylic acids is 1. The third kappa shape index (κ3) is 4.02. The molecule has 0 spiro atoms. The van der Waals surface area contributed by atoms with Gasteiger partial charge in [-0.05, 0) is 42.3 Å². The molecule has 31 heavy (non-hydrogen) atoms. The summed E-state index contributed by atoms with van der Waals surface area (Å²) in [4.78, 5) is 22.9. The van der Waals surface area contributed by atoms with E-state index in [0.717, 1.165) is 48.6 Å². The number of amides is 1. The highest BCUT2D eigenvalue weighted by Crippen LogP contribution is 2.19. The van der Waals surface area contributed by atoms with Crippen LogP contribution in [-0.4, -0.2) is 56.6 Å². The van der Waals surface area contributed by atoms with Crippen molar-refractivity contribution >= 4 is 11.6 Å². The number of carbonyl (C=O) groups is 1. The average Bonchev–Trinajstić information content (AvgIpc) is 3.26. The first-order chi connectivity index (χ1) is 15.3. The van der Waals surface area contributed by atoms with Crippen LogP contribution >= 0.6 is 0 Å². The Labute approximate surface area is 179 Å². The van der Waals surface area contributed by atoms with Gasteiger partial charge in [0, 0.05) is 55.3 Å². The van der Waals surface area contributed by atoms with Crippen molar-refractivity contribution in [3.05, 3.63) is 83.9 Å². The van der Waals surface area contributed by atoms with Crippen LogP contribution in [0.3, 0.4) is 0 Å². The molecule has 7 nitrogen and oxygen atoms in total. The van der Waals surface area contributed by atoms with Crippen LogP contribution in [0.15, 0.2) is 67.1 Å². The Morgan fingerprint density at radius 2 is 1.71 bits per heavy atom. The second-order valence-corrected chi connectivity index (χ2v) is 7.24. The molecular formula is C24H20N6O. The molecule has 1 aromatic carbocycles. The molecule has 1 N–H and O–H groups in total. The molecule has 1 saturated heterocycles. The highest BCUT2D eigenvalue weighted by atomic mass is 16.2. The molecule has 3 aromatic heterocycles. The van der Waals surface area contributed by atoms with E-state index in [1.807, 2.05) is 53.4 Å². The van der Waals surface area contributed by atoms with E-state index in [1.165, 1.54) is 0 Å². The van der Waals surface area contributed by atoms with Gasteiger partial charge in [0.25, 0.3) is 5.91 Å². The van der Waals surface area contributed by atoms with Crippen molar-refractivity contribution < 1.29 is 4.79 Å². The van der Waals surface area contributed by atoms with Gasteiger partial charge < -0.3 is 10.2 Å². The standard InChI is InChI=1S/C24H20N6O/c31-24(29-15-13-26-14-16-29)20-4-2-19(3-5-20)22-7-8-23-27-17-21(30(23)28-22)6-1-18-9-11-25-12-10-18/h2-5,7-12,17,26H,13-16H2. The number of imidazole rings is 1. The van der Waals surface area contributed by atoms with Gasteiger partial charge in [-0.1, -0.05) is 18.1 Å².